The molecule has 0 N–H and O–H groups in total. The van der Waals surface area contributed by atoms with Gasteiger partial charge in [-0.2, -0.15) is 13.2 Å². The molecule has 0 fully saturated rings. The van der Waals surface area contributed by atoms with Crippen molar-refractivity contribution in [2.24, 2.45) is 0 Å². The third-order valence-corrected chi connectivity index (χ3v) is 6.20. The minimum atomic E-state index is -4.47. The summed E-state index contributed by atoms with van der Waals surface area (Å²) in [5, 5.41) is 4.49. The summed E-state index contributed by atoms with van der Waals surface area (Å²) < 4.78 is 75.6. The number of ether oxygens (including phenoxy) is 2. The molecule has 4 rings (SSSR count). The second kappa shape index (κ2) is 10.1. The van der Waals surface area contributed by atoms with Crippen LogP contribution in [0.15, 0.2) is 77.7 Å². The van der Waals surface area contributed by atoms with Crippen LogP contribution in [0.5, 0.6) is 11.5 Å². The van der Waals surface area contributed by atoms with Gasteiger partial charge < -0.3 is 9.47 Å². The van der Waals surface area contributed by atoms with E-state index in [1.165, 1.54) is 28.9 Å². The lowest BCUT2D eigenvalue weighted by atomic mass is 10.2. The average Bonchev–Trinajstić information content (AvgIpc) is 3.27. The highest BCUT2D eigenvalue weighted by Gasteiger charge is 2.30. The molecule has 188 valence electrons. The van der Waals surface area contributed by atoms with Gasteiger partial charge in [0, 0.05) is 18.4 Å². The quantitative estimate of drug-likeness (QED) is 0.299. The summed E-state index contributed by atoms with van der Waals surface area (Å²) in [4.78, 5) is 4.69. The van der Waals surface area contributed by atoms with Gasteiger partial charge in [0.15, 0.2) is 21.5 Å². The van der Waals surface area contributed by atoms with E-state index in [1.54, 1.807) is 36.4 Å². The Hall–Kier alpha value is -3.70. The second-order valence-electron chi connectivity index (χ2n) is 7.82. The summed E-state index contributed by atoms with van der Waals surface area (Å²) in [5.74, 6) is 1.22. The monoisotopic (exact) mass is 517 g/mol. The summed E-state index contributed by atoms with van der Waals surface area (Å²) in [6.45, 7) is 2.48. The zero-order valence-electron chi connectivity index (χ0n) is 19.4. The summed E-state index contributed by atoms with van der Waals surface area (Å²) in [6, 6.07) is 17.5. The molecule has 0 amide bonds. The summed E-state index contributed by atoms with van der Waals surface area (Å²) in [7, 11) is -3.44. The van der Waals surface area contributed by atoms with Gasteiger partial charge in [-0.25, -0.2) is 18.1 Å². The van der Waals surface area contributed by atoms with E-state index in [2.05, 4.69) is 10.1 Å². The number of sulfone groups is 1. The number of rotatable bonds is 8. The smallest absolute Gasteiger partial charge is 0.416 e. The zero-order valence-corrected chi connectivity index (χ0v) is 20.2. The van der Waals surface area contributed by atoms with Gasteiger partial charge >= 0.3 is 6.18 Å². The molecule has 11 heteroatoms. The van der Waals surface area contributed by atoms with E-state index in [0.29, 0.717) is 35.3 Å². The lowest BCUT2D eigenvalue weighted by molar-refractivity contribution is -0.137. The fraction of sp³-hybridized carbons (Fsp3) is 0.200. The van der Waals surface area contributed by atoms with Gasteiger partial charge in [-0.1, -0.05) is 12.1 Å². The fourth-order valence-corrected chi connectivity index (χ4v) is 4.03. The van der Waals surface area contributed by atoms with Crippen LogP contribution in [-0.2, 0) is 27.4 Å². The van der Waals surface area contributed by atoms with Crippen LogP contribution in [-0.4, -0.2) is 36.0 Å². The molecule has 0 radical (unpaired) electrons. The van der Waals surface area contributed by atoms with Crippen LogP contribution in [0.3, 0.4) is 0 Å². The number of benzene rings is 3. The largest absolute Gasteiger partial charge is 0.457 e. The number of alkyl halides is 3. The van der Waals surface area contributed by atoms with Crippen LogP contribution in [0.2, 0.25) is 0 Å². The Morgan fingerprint density at radius 1 is 0.944 bits per heavy atom. The van der Waals surface area contributed by atoms with Crippen molar-refractivity contribution in [3.8, 4) is 28.6 Å². The Balaban J connectivity index is 1.67. The van der Waals surface area contributed by atoms with Crippen LogP contribution in [0.1, 0.15) is 18.3 Å². The van der Waals surface area contributed by atoms with Crippen molar-refractivity contribution in [3.05, 3.63) is 84.2 Å². The van der Waals surface area contributed by atoms with Gasteiger partial charge in [0.1, 0.15) is 18.1 Å². The van der Waals surface area contributed by atoms with E-state index >= 15 is 0 Å². The normalized spacial score (nSPS) is 12.0. The molecular formula is C25H22F3N3O4S. The van der Waals surface area contributed by atoms with Crippen LogP contribution in [0.4, 0.5) is 13.2 Å². The molecule has 36 heavy (non-hydrogen) atoms. The maximum atomic E-state index is 13.0. The van der Waals surface area contributed by atoms with Gasteiger partial charge in [0.05, 0.1) is 16.1 Å². The van der Waals surface area contributed by atoms with E-state index in [-0.39, 0.29) is 17.3 Å². The first-order valence-electron chi connectivity index (χ1n) is 10.8. The molecule has 0 saturated heterocycles. The molecule has 3 aromatic carbocycles. The molecule has 1 aromatic heterocycles. The Morgan fingerprint density at radius 3 is 2.33 bits per heavy atom. The molecule has 0 aliphatic heterocycles. The van der Waals surface area contributed by atoms with Crippen LogP contribution in [0, 0.1) is 0 Å². The van der Waals surface area contributed by atoms with Crippen molar-refractivity contribution < 1.29 is 31.1 Å². The minimum Gasteiger partial charge on any atom is -0.457 e. The highest BCUT2D eigenvalue weighted by Crippen LogP contribution is 2.33. The van der Waals surface area contributed by atoms with E-state index in [4.69, 9.17) is 9.47 Å². The lowest BCUT2D eigenvalue weighted by Gasteiger charge is -2.11. The first-order chi connectivity index (χ1) is 17.0. The SMILES string of the molecule is CCOCc1nc(-c2ccc(Oc3cccc(C(F)(F)F)c3)cc2)n(-c2cccc(S(C)(=O)=O)c2)n1. The van der Waals surface area contributed by atoms with Crippen molar-refractivity contribution in [1.29, 1.82) is 0 Å². The number of aromatic nitrogens is 3. The molecule has 0 aliphatic carbocycles. The summed E-state index contributed by atoms with van der Waals surface area (Å²) >= 11 is 0. The predicted molar refractivity (Wildman–Crippen MR) is 127 cm³/mol. The summed E-state index contributed by atoms with van der Waals surface area (Å²) in [5.41, 5.74) is 0.321. The second-order valence-corrected chi connectivity index (χ2v) is 9.84. The van der Waals surface area contributed by atoms with E-state index < -0.39 is 21.6 Å². The van der Waals surface area contributed by atoms with Crippen LogP contribution >= 0.6 is 0 Å². The Bertz CT molecular complexity index is 1470. The molecule has 4 aromatic rings. The van der Waals surface area contributed by atoms with Crippen molar-refractivity contribution in [1.82, 2.24) is 14.8 Å². The van der Waals surface area contributed by atoms with Gasteiger partial charge in [0.2, 0.25) is 0 Å². The predicted octanol–water partition coefficient (Wildman–Crippen LogP) is 5.69. The number of hydrogen-bond acceptors (Lipinski definition) is 6. The standard InChI is InChI=1S/C25H22F3N3O4S/c1-3-34-16-23-29-24(31(30-23)19-7-5-9-22(15-19)36(2,32)33)17-10-12-20(13-11-17)35-21-8-4-6-18(14-21)25(26,27)28/h4-15H,3,16H2,1-2H3. The van der Waals surface area contributed by atoms with Crippen molar-refractivity contribution >= 4 is 9.84 Å². The van der Waals surface area contributed by atoms with E-state index in [0.717, 1.165) is 18.4 Å². The summed E-state index contributed by atoms with van der Waals surface area (Å²) in [6.07, 6.45) is -3.35. The third kappa shape index (κ3) is 5.92. The van der Waals surface area contributed by atoms with E-state index in [1.807, 2.05) is 6.92 Å². The number of halogens is 3. The average molecular weight is 518 g/mol. The number of nitrogens with zero attached hydrogens (tertiary/aromatic N) is 3. The Morgan fingerprint density at radius 2 is 1.67 bits per heavy atom. The van der Waals surface area contributed by atoms with Crippen LogP contribution < -0.4 is 4.74 Å². The molecule has 0 aliphatic rings. The third-order valence-electron chi connectivity index (χ3n) is 5.09. The molecule has 0 saturated carbocycles. The molecule has 1 heterocycles. The zero-order chi connectivity index (χ0) is 25.9. The Labute approximate surface area is 206 Å². The topological polar surface area (TPSA) is 83.3 Å². The lowest BCUT2D eigenvalue weighted by Crippen LogP contribution is -2.04. The Kier molecular flexibility index (Phi) is 7.14. The van der Waals surface area contributed by atoms with Crippen molar-refractivity contribution in [2.45, 2.75) is 24.6 Å². The van der Waals surface area contributed by atoms with Crippen molar-refractivity contribution in [2.75, 3.05) is 12.9 Å². The molecule has 0 unspecified atom stereocenters. The molecule has 0 spiro atoms. The molecule has 0 bridgehead atoms. The van der Waals surface area contributed by atoms with Gasteiger partial charge in [-0.3, -0.25) is 0 Å². The van der Waals surface area contributed by atoms with Crippen molar-refractivity contribution in [3.63, 3.8) is 0 Å². The maximum absolute atomic E-state index is 13.0. The highest BCUT2D eigenvalue weighted by atomic mass is 32.2. The molecular weight excluding hydrogens is 495 g/mol. The van der Waals surface area contributed by atoms with Crippen LogP contribution in [0.25, 0.3) is 17.1 Å². The highest BCUT2D eigenvalue weighted by molar-refractivity contribution is 7.90. The maximum Gasteiger partial charge on any atom is 0.416 e. The van der Waals surface area contributed by atoms with Gasteiger partial charge in [0.25, 0.3) is 0 Å². The van der Waals surface area contributed by atoms with Gasteiger partial charge in [-0.15, -0.1) is 5.10 Å². The van der Waals surface area contributed by atoms with E-state index in [9.17, 15) is 21.6 Å². The fourth-order valence-electron chi connectivity index (χ4n) is 3.37. The molecule has 7 nitrogen and oxygen atoms in total. The molecule has 0 atom stereocenters. The number of hydrogen-bond donors (Lipinski definition) is 0. The van der Waals surface area contributed by atoms with Gasteiger partial charge in [-0.05, 0) is 67.6 Å². The minimum absolute atomic E-state index is 0.0531. The first kappa shape index (κ1) is 25.4. The first-order valence-corrected chi connectivity index (χ1v) is 12.7.